The van der Waals surface area contributed by atoms with Crippen LogP contribution in [0.3, 0.4) is 0 Å². The van der Waals surface area contributed by atoms with Crippen LogP contribution in [0.25, 0.3) is 0 Å². The van der Waals surface area contributed by atoms with Gasteiger partial charge in [-0.3, -0.25) is 5.41 Å². The van der Waals surface area contributed by atoms with Gasteiger partial charge >= 0.3 is 0 Å². The SMILES string of the molecule is [B]C(=N)OC. The van der Waals surface area contributed by atoms with Crippen LogP contribution in [-0.4, -0.2) is 20.8 Å². The Morgan fingerprint density at radius 3 is 2.20 bits per heavy atom. The van der Waals surface area contributed by atoms with E-state index in [0.29, 0.717) is 0 Å². The summed E-state index contributed by atoms with van der Waals surface area (Å²) in [6, 6.07) is 0. The lowest BCUT2D eigenvalue weighted by Crippen LogP contribution is -1.94. The fourth-order valence-corrected chi connectivity index (χ4v) is 0. The molecule has 0 aromatic carbocycles. The molecule has 0 aliphatic carbocycles. The highest BCUT2D eigenvalue weighted by atomic mass is 16.5. The first kappa shape index (κ1) is 4.53. The molecular formula is C2H4BNO. The molecule has 0 rings (SSSR count). The van der Waals surface area contributed by atoms with Crippen molar-refractivity contribution in [2.75, 3.05) is 7.11 Å². The molecule has 0 saturated carbocycles. The molecule has 0 aromatic heterocycles. The van der Waals surface area contributed by atoms with Crippen molar-refractivity contribution in [1.82, 2.24) is 0 Å². The zero-order valence-electron chi connectivity index (χ0n) is 2.99. The summed E-state index contributed by atoms with van der Waals surface area (Å²) in [4.78, 5) is 0. The van der Waals surface area contributed by atoms with E-state index in [1.807, 2.05) is 0 Å². The van der Waals surface area contributed by atoms with Gasteiger partial charge in [-0.1, -0.05) is 0 Å². The van der Waals surface area contributed by atoms with Gasteiger partial charge in [0.05, 0.1) is 7.11 Å². The summed E-state index contributed by atoms with van der Waals surface area (Å²) in [5, 5.41) is 6.30. The van der Waals surface area contributed by atoms with Gasteiger partial charge in [-0.25, -0.2) is 0 Å². The molecule has 0 saturated heterocycles. The summed E-state index contributed by atoms with van der Waals surface area (Å²) in [7, 11) is 6.00. The molecule has 0 fully saturated rings. The van der Waals surface area contributed by atoms with Gasteiger partial charge in [0.25, 0.3) is 0 Å². The molecule has 0 unspecified atom stereocenters. The Kier molecular flexibility index (Phi) is 1.65. The summed E-state index contributed by atoms with van der Waals surface area (Å²) in [5.41, 5.74) is 0. The standard InChI is InChI=1S/C2H4BNO/c1-5-2(3)4/h4H,1H3. The van der Waals surface area contributed by atoms with Crippen LogP contribution >= 0.6 is 0 Å². The Morgan fingerprint density at radius 2 is 2.20 bits per heavy atom. The van der Waals surface area contributed by atoms with Crippen LogP contribution in [0.5, 0.6) is 0 Å². The third-order valence-corrected chi connectivity index (χ3v) is 0.220. The molecule has 0 atom stereocenters. The van der Waals surface area contributed by atoms with Crippen LogP contribution in [0.4, 0.5) is 0 Å². The van der Waals surface area contributed by atoms with Gasteiger partial charge in [0.2, 0.25) is 0 Å². The van der Waals surface area contributed by atoms with E-state index in [2.05, 4.69) is 12.6 Å². The van der Waals surface area contributed by atoms with Crippen LogP contribution < -0.4 is 0 Å². The van der Waals surface area contributed by atoms with Gasteiger partial charge in [-0.15, -0.1) is 0 Å². The summed E-state index contributed by atoms with van der Waals surface area (Å²) < 4.78 is 4.11. The van der Waals surface area contributed by atoms with Crippen molar-refractivity contribution in [3.63, 3.8) is 0 Å². The molecule has 0 amide bonds. The van der Waals surface area contributed by atoms with Crippen molar-refractivity contribution in [3.8, 4) is 0 Å². The zero-order chi connectivity index (χ0) is 4.28. The third-order valence-electron chi connectivity index (χ3n) is 0.220. The van der Waals surface area contributed by atoms with Crippen molar-refractivity contribution in [1.29, 1.82) is 5.41 Å². The molecule has 0 heterocycles. The topological polar surface area (TPSA) is 33.1 Å². The normalized spacial score (nSPS) is 6.60. The molecule has 0 bridgehead atoms. The molecule has 0 aliphatic rings. The van der Waals surface area contributed by atoms with Gasteiger partial charge in [0, 0.05) is 0 Å². The molecule has 2 radical (unpaired) electrons. The van der Waals surface area contributed by atoms with E-state index < -0.39 is 0 Å². The highest BCUT2D eigenvalue weighted by Gasteiger charge is 1.69. The maximum absolute atomic E-state index is 6.30. The zero-order valence-corrected chi connectivity index (χ0v) is 2.99. The highest BCUT2D eigenvalue weighted by Crippen LogP contribution is 1.55. The van der Waals surface area contributed by atoms with Crippen molar-refractivity contribution < 1.29 is 4.74 Å². The minimum Gasteiger partial charge on any atom is -0.495 e. The average molecular weight is 68.9 g/mol. The monoisotopic (exact) mass is 69.0 g/mol. The third kappa shape index (κ3) is 3.53. The van der Waals surface area contributed by atoms with Crippen molar-refractivity contribution in [2.24, 2.45) is 0 Å². The molecule has 0 aromatic rings. The van der Waals surface area contributed by atoms with E-state index in [9.17, 15) is 0 Å². The highest BCUT2D eigenvalue weighted by molar-refractivity contribution is 6.55. The first-order chi connectivity index (χ1) is 2.27. The van der Waals surface area contributed by atoms with Crippen LogP contribution in [-0.2, 0) is 4.74 Å². The predicted octanol–water partition coefficient (Wildman–Crippen LogP) is -0.264. The van der Waals surface area contributed by atoms with E-state index in [1.165, 1.54) is 7.11 Å². The first-order valence-electron chi connectivity index (χ1n) is 1.15. The number of hydrogen-bond acceptors (Lipinski definition) is 2. The summed E-state index contributed by atoms with van der Waals surface area (Å²) in [5.74, 6) is -0.245. The molecule has 3 heteroatoms. The van der Waals surface area contributed by atoms with E-state index in [0.717, 1.165) is 0 Å². The smallest absolute Gasteiger partial charge is 0.195 e. The number of ether oxygens (including phenoxy) is 1. The molecule has 26 valence electrons. The van der Waals surface area contributed by atoms with Crippen LogP contribution in [0.1, 0.15) is 0 Å². The van der Waals surface area contributed by atoms with Crippen molar-refractivity contribution in [2.45, 2.75) is 0 Å². The van der Waals surface area contributed by atoms with E-state index in [1.54, 1.807) is 0 Å². The maximum Gasteiger partial charge on any atom is 0.195 e. The van der Waals surface area contributed by atoms with Crippen molar-refractivity contribution in [3.05, 3.63) is 0 Å². The van der Waals surface area contributed by atoms with Gasteiger partial charge < -0.3 is 4.74 Å². The number of rotatable bonds is 0. The summed E-state index contributed by atoms with van der Waals surface area (Å²) in [6.07, 6.45) is 0. The molecular weight excluding hydrogens is 64.8 g/mol. The largest absolute Gasteiger partial charge is 0.495 e. The Labute approximate surface area is 32.1 Å². The van der Waals surface area contributed by atoms with Gasteiger partial charge in [0.1, 0.15) is 5.80 Å². The quantitative estimate of drug-likeness (QED) is 0.237. The van der Waals surface area contributed by atoms with Gasteiger partial charge in [-0.2, -0.15) is 0 Å². The number of hydrogen-bond donors (Lipinski definition) is 1. The van der Waals surface area contributed by atoms with E-state index in [-0.39, 0.29) is 5.80 Å². The second kappa shape index (κ2) is 1.82. The maximum atomic E-state index is 6.30. The average Bonchev–Trinajstić information content (AvgIpc) is 1.38. The molecule has 5 heavy (non-hydrogen) atoms. The van der Waals surface area contributed by atoms with Crippen LogP contribution in [0.15, 0.2) is 0 Å². The van der Waals surface area contributed by atoms with Gasteiger partial charge in [0.15, 0.2) is 7.85 Å². The number of methoxy groups -OCH3 is 1. The molecule has 2 nitrogen and oxygen atoms in total. The first-order valence-corrected chi connectivity index (χ1v) is 1.15. The Hall–Kier alpha value is -0.465. The Bertz CT molecular complexity index is 44.9. The Morgan fingerprint density at radius 1 is 2.00 bits per heavy atom. The number of nitrogens with one attached hydrogen (secondary N) is 1. The summed E-state index contributed by atoms with van der Waals surface area (Å²) in [6.45, 7) is 0. The van der Waals surface area contributed by atoms with E-state index in [4.69, 9.17) is 5.41 Å². The predicted molar refractivity (Wildman–Crippen MR) is 20.5 cm³/mol. The fourth-order valence-electron chi connectivity index (χ4n) is 0. The van der Waals surface area contributed by atoms with E-state index >= 15 is 0 Å². The fraction of sp³-hybridized carbons (Fsp3) is 0.500. The molecule has 0 aliphatic heterocycles. The summed E-state index contributed by atoms with van der Waals surface area (Å²) >= 11 is 0. The van der Waals surface area contributed by atoms with Crippen molar-refractivity contribution >= 4 is 13.6 Å². The lowest BCUT2D eigenvalue weighted by atomic mass is 10.2. The molecule has 0 spiro atoms. The minimum absolute atomic E-state index is 0.245. The minimum atomic E-state index is -0.245. The van der Waals surface area contributed by atoms with Crippen LogP contribution in [0, 0.1) is 5.41 Å². The van der Waals surface area contributed by atoms with Gasteiger partial charge in [-0.05, 0) is 0 Å². The lowest BCUT2D eigenvalue weighted by Gasteiger charge is -1.86. The Balaban J connectivity index is 2.85. The second-order valence-corrected chi connectivity index (χ2v) is 0.568. The lowest BCUT2D eigenvalue weighted by molar-refractivity contribution is 0.411. The van der Waals surface area contributed by atoms with Crippen LogP contribution in [0.2, 0.25) is 0 Å². The second-order valence-electron chi connectivity index (χ2n) is 0.568. The molecule has 1 N–H and O–H groups in total.